The molecule has 0 N–H and O–H groups in total. The Morgan fingerprint density at radius 2 is 0.969 bits per heavy atom. The Balaban J connectivity index is 2.32. The third kappa shape index (κ3) is 3.95. The first kappa shape index (κ1) is 24.0. The summed E-state index contributed by atoms with van der Waals surface area (Å²) in [5.41, 5.74) is 5.37. The third-order valence-electron chi connectivity index (χ3n) is 5.70. The number of anilines is 2. The van der Waals surface area contributed by atoms with Crippen LogP contribution in [0.4, 0.5) is 37.7 Å². The molecule has 2 nitrogen and oxygen atoms in total. The molecule has 0 unspecified atom stereocenters. The summed E-state index contributed by atoms with van der Waals surface area (Å²) < 4.78 is 83.3. The van der Waals surface area contributed by atoms with Crippen LogP contribution in [0.3, 0.4) is 0 Å². The van der Waals surface area contributed by atoms with Gasteiger partial charge in [-0.1, -0.05) is 35.4 Å². The summed E-state index contributed by atoms with van der Waals surface area (Å²) in [6.07, 6.45) is -6.06. The molecule has 0 spiro atoms. The van der Waals surface area contributed by atoms with Crippen LogP contribution in [-0.2, 0) is 0 Å². The van der Waals surface area contributed by atoms with Gasteiger partial charge in [0.2, 0.25) is 5.83 Å². The van der Waals surface area contributed by atoms with Crippen LogP contribution >= 0.6 is 0 Å². The van der Waals surface area contributed by atoms with Crippen LogP contribution in [-0.4, -0.2) is 25.2 Å². The number of hydrogen-bond acceptors (Lipinski definition) is 2. The lowest BCUT2D eigenvalue weighted by Gasteiger charge is -2.31. The summed E-state index contributed by atoms with van der Waals surface area (Å²) in [4.78, 5) is 2.50. The van der Waals surface area contributed by atoms with E-state index in [1.807, 2.05) is 13.8 Å². The maximum atomic E-state index is 15.3. The minimum absolute atomic E-state index is 0.0637. The summed E-state index contributed by atoms with van der Waals surface area (Å²) in [5.74, 6) is -8.89. The van der Waals surface area contributed by atoms with E-state index in [1.54, 1.807) is 52.0 Å². The fourth-order valence-electron chi connectivity index (χ4n) is 4.69. The highest BCUT2D eigenvalue weighted by atomic mass is 19.4. The molecular weight excluding hydrogens is 430 g/mol. The molecule has 1 aliphatic heterocycles. The van der Waals surface area contributed by atoms with Gasteiger partial charge in [0.1, 0.15) is 0 Å². The predicted molar refractivity (Wildman–Crippen MR) is 115 cm³/mol. The van der Waals surface area contributed by atoms with Crippen LogP contribution in [0, 0.1) is 41.5 Å². The minimum atomic E-state index is -6.06. The predicted octanol–water partition coefficient (Wildman–Crippen LogP) is 7.20. The van der Waals surface area contributed by atoms with Crippen LogP contribution in [0.25, 0.3) is 0 Å². The number of alkyl halides is 5. The van der Waals surface area contributed by atoms with Gasteiger partial charge in [-0.15, -0.1) is 0 Å². The Bertz CT molecular complexity index is 971. The van der Waals surface area contributed by atoms with E-state index in [4.69, 9.17) is 0 Å². The average molecular weight is 456 g/mol. The van der Waals surface area contributed by atoms with E-state index in [9.17, 15) is 22.0 Å². The van der Waals surface area contributed by atoms with Crippen molar-refractivity contribution >= 4 is 11.4 Å². The molecule has 0 atom stereocenters. The van der Waals surface area contributed by atoms with Crippen LogP contribution < -0.4 is 9.80 Å². The number of allylic oxidation sites excluding steroid dienone is 1. The number of nitrogens with zero attached hydrogens (tertiary/aromatic N) is 2. The third-order valence-corrected chi connectivity index (χ3v) is 5.70. The smallest absolute Gasteiger partial charge is 0.323 e. The lowest BCUT2D eigenvalue weighted by molar-refractivity contribution is -0.270. The normalized spacial score (nSPS) is 15.1. The van der Waals surface area contributed by atoms with Crippen molar-refractivity contribution < 1.29 is 26.3 Å². The van der Waals surface area contributed by atoms with Crippen molar-refractivity contribution in [2.45, 2.75) is 53.6 Å². The quantitative estimate of drug-likeness (QED) is 0.451. The lowest BCUT2D eigenvalue weighted by atomic mass is 10.0. The highest BCUT2D eigenvalue weighted by Crippen LogP contribution is 2.47. The van der Waals surface area contributed by atoms with Gasteiger partial charge in [0, 0.05) is 24.5 Å². The second-order valence-electron chi connectivity index (χ2n) is 8.51. The van der Waals surface area contributed by atoms with Crippen molar-refractivity contribution in [2.75, 3.05) is 22.9 Å². The van der Waals surface area contributed by atoms with Crippen molar-refractivity contribution in [1.29, 1.82) is 0 Å². The van der Waals surface area contributed by atoms with E-state index in [1.165, 1.54) is 9.80 Å². The Hall–Kier alpha value is -2.64. The Morgan fingerprint density at radius 3 is 1.25 bits per heavy atom. The molecule has 8 heteroatoms. The molecule has 2 aromatic rings. The minimum Gasteiger partial charge on any atom is -0.323 e. The molecule has 174 valence electrons. The maximum Gasteiger partial charge on any atom is 0.460 e. The molecule has 32 heavy (non-hydrogen) atoms. The fraction of sp³-hybridized carbons (Fsp3) is 0.417. The van der Waals surface area contributed by atoms with E-state index in [-0.39, 0.29) is 13.1 Å². The van der Waals surface area contributed by atoms with Gasteiger partial charge >= 0.3 is 12.1 Å². The lowest BCUT2D eigenvalue weighted by Crippen LogP contribution is -2.40. The zero-order valence-corrected chi connectivity index (χ0v) is 18.9. The molecule has 1 aliphatic rings. The van der Waals surface area contributed by atoms with Crippen molar-refractivity contribution in [1.82, 2.24) is 0 Å². The van der Waals surface area contributed by atoms with Crippen LogP contribution in [0.1, 0.15) is 33.4 Å². The second-order valence-corrected chi connectivity index (χ2v) is 8.51. The molecule has 1 saturated heterocycles. The standard InChI is InChI=1S/C24H26F6N2/c1-13-9-15(3)19(16(4)10-13)31-7-8-32(20-17(5)11-14(2)12-18(20)6)22(31)21(25)23(26,27)24(28,29)30/h9-12H,7-8H2,1-6H3. The molecule has 0 bridgehead atoms. The Morgan fingerprint density at radius 1 is 0.656 bits per heavy atom. The number of hydrogen-bond donors (Lipinski definition) is 0. The molecule has 1 fully saturated rings. The van der Waals surface area contributed by atoms with Gasteiger partial charge in [-0.05, 0) is 63.8 Å². The molecule has 2 aromatic carbocycles. The fourth-order valence-corrected chi connectivity index (χ4v) is 4.69. The van der Waals surface area contributed by atoms with E-state index in [2.05, 4.69) is 0 Å². The van der Waals surface area contributed by atoms with Crippen LogP contribution in [0.15, 0.2) is 35.9 Å². The average Bonchev–Trinajstić information content (AvgIpc) is 3.02. The number of halogens is 6. The molecule has 0 aliphatic carbocycles. The number of rotatable bonds is 3. The Kier molecular flexibility index (Phi) is 6.04. The highest BCUT2D eigenvalue weighted by molar-refractivity contribution is 5.73. The molecule has 0 radical (unpaired) electrons. The van der Waals surface area contributed by atoms with Crippen molar-refractivity contribution in [3.63, 3.8) is 0 Å². The van der Waals surface area contributed by atoms with Gasteiger partial charge in [0.25, 0.3) is 0 Å². The largest absolute Gasteiger partial charge is 0.460 e. The van der Waals surface area contributed by atoms with Crippen molar-refractivity contribution in [3.05, 3.63) is 69.3 Å². The summed E-state index contributed by atoms with van der Waals surface area (Å²) in [6.45, 7) is 10.8. The number of benzene rings is 2. The second kappa shape index (κ2) is 8.05. The maximum absolute atomic E-state index is 15.3. The van der Waals surface area contributed by atoms with Gasteiger partial charge in [-0.25, -0.2) is 4.39 Å². The topological polar surface area (TPSA) is 6.48 Å². The molecule has 0 saturated carbocycles. The summed E-state index contributed by atoms with van der Waals surface area (Å²) >= 11 is 0. The highest BCUT2D eigenvalue weighted by Gasteiger charge is 2.63. The zero-order valence-electron chi connectivity index (χ0n) is 18.9. The molecular formula is C24H26F6N2. The zero-order chi connectivity index (χ0) is 24.2. The first-order valence-corrected chi connectivity index (χ1v) is 10.2. The summed E-state index contributed by atoms with van der Waals surface area (Å²) in [6, 6.07) is 7.19. The van der Waals surface area contributed by atoms with Crippen molar-refractivity contribution in [2.24, 2.45) is 0 Å². The van der Waals surface area contributed by atoms with E-state index >= 15 is 4.39 Å². The van der Waals surface area contributed by atoms with Crippen molar-refractivity contribution in [3.8, 4) is 0 Å². The summed E-state index contributed by atoms with van der Waals surface area (Å²) in [7, 11) is 0. The Labute approximate surface area is 184 Å². The van der Waals surface area contributed by atoms with E-state index in [0.29, 0.717) is 33.6 Å². The number of aryl methyl sites for hydroxylation is 6. The molecule has 0 amide bonds. The van der Waals surface area contributed by atoms with Crippen LogP contribution in [0.5, 0.6) is 0 Å². The van der Waals surface area contributed by atoms with Gasteiger partial charge in [-0.3, -0.25) is 0 Å². The summed E-state index contributed by atoms with van der Waals surface area (Å²) in [5, 5.41) is 0. The molecule has 1 heterocycles. The molecule has 3 rings (SSSR count). The first-order chi connectivity index (χ1) is 14.7. The van der Waals surface area contributed by atoms with E-state index in [0.717, 1.165) is 11.1 Å². The SMILES string of the molecule is Cc1cc(C)c(N2CCN(c3c(C)cc(C)cc3C)C2=C(F)C(F)(F)C(F)(F)F)c(C)c1. The van der Waals surface area contributed by atoms with E-state index < -0.39 is 23.7 Å². The monoisotopic (exact) mass is 456 g/mol. The van der Waals surface area contributed by atoms with Gasteiger partial charge < -0.3 is 9.80 Å². The van der Waals surface area contributed by atoms with Gasteiger partial charge in [0.15, 0.2) is 5.82 Å². The van der Waals surface area contributed by atoms with Crippen LogP contribution in [0.2, 0.25) is 0 Å². The van der Waals surface area contributed by atoms with Gasteiger partial charge in [0.05, 0.1) is 0 Å². The first-order valence-electron chi connectivity index (χ1n) is 10.2. The molecule has 0 aromatic heterocycles. The van der Waals surface area contributed by atoms with Gasteiger partial charge in [-0.2, -0.15) is 22.0 Å².